The van der Waals surface area contributed by atoms with Gasteiger partial charge in [-0.3, -0.25) is 4.79 Å². The van der Waals surface area contributed by atoms with Crippen LogP contribution >= 0.6 is 0 Å². The van der Waals surface area contributed by atoms with Gasteiger partial charge in [0, 0.05) is 12.8 Å². The van der Waals surface area contributed by atoms with Crippen molar-refractivity contribution in [2.45, 2.75) is 32.6 Å². The molecule has 19 heavy (non-hydrogen) atoms. The lowest BCUT2D eigenvalue weighted by Gasteiger charge is -2.03. The molecule has 0 atom stereocenters. The van der Waals surface area contributed by atoms with Crippen LogP contribution in [0.3, 0.4) is 0 Å². The van der Waals surface area contributed by atoms with E-state index < -0.39 is 0 Å². The first kappa shape index (κ1) is 13.5. The van der Waals surface area contributed by atoms with Crippen molar-refractivity contribution in [3.63, 3.8) is 0 Å². The topological polar surface area (TPSA) is 17.1 Å². The van der Waals surface area contributed by atoms with E-state index in [-0.39, 0.29) is 0 Å². The number of benzene rings is 2. The van der Waals surface area contributed by atoms with Crippen molar-refractivity contribution in [1.82, 2.24) is 0 Å². The molecule has 1 nitrogen and oxygen atoms in total. The van der Waals surface area contributed by atoms with Crippen LogP contribution in [-0.4, -0.2) is 5.78 Å². The van der Waals surface area contributed by atoms with Crippen LogP contribution in [0.4, 0.5) is 0 Å². The standard InChI is InChI=1S/C18H20O/c1-15-10-12-17(13-11-15)14-18(19)9-5-8-16-6-3-2-4-7-16/h2-4,6-7,10-13H,5,8-9,14H2,1H3. The molecule has 0 aliphatic heterocycles. The molecule has 0 bridgehead atoms. The average Bonchev–Trinajstić information content (AvgIpc) is 2.43. The summed E-state index contributed by atoms with van der Waals surface area (Å²) in [5, 5.41) is 0. The summed E-state index contributed by atoms with van der Waals surface area (Å²) in [5.41, 5.74) is 3.67. The molecule has 2 aromatic rings. The van der Waals surface area contributed by atoms with E-state index in [2.05, 4.69) is 31.2 Å². The van der Waals surface area contributed by atoms with Crippen LogP contribution in [0.2, 0.25) is 0 Å². The second kappa shape index (κ2) is 6.89. The SMILES string of the molecule is Cc1ccc(CC(=O)CCCc2ccccc2)cc1. The smallest absolute Gasteiger partial charge is 0.137 e. The van der Waals surface area contributed by atoms with Crippen molar-refractivity contribution in [2.24, 2.45) is 0 Å². The second-order valence-corrected chi connectivity index (χ2v) is 5.04. The van der Waals surface area contributed by atoms with Crippen molar-refractivity contribution < 1.29 is 4.79 Å². The van der Waals surface area contributed by atoms with Crippen LogP contribution < -0.4 is 0 Å². The molecule has 0 aromatic heterocycles. The van der Waals surface area contributed by atoms with Crippen molar-refractivity contribution >= 4 is 5.78 Å². The molecule has 0 N–H and O–H groups in total. The van der Waals surface area contributed by atoms with Gasteiger partial charge in [0.2, 0.25) is 0 Å². The first-order valence-electron chi connectivity index (χ1n) is 6.85. The lowest BCUT2D eigenvalue weighted by Crippen LogP contribution is -2.03. The van der Waals surface area contributed by atoms with Crippen LogP contribution in [-0.2, 0) is 17.6 Å². The van der Waals surface area contributed by atoms with Gasteiger partial charge >= 0.3 is 0 Å². The lowest BCUT2D eigenvalue weighted by atomic mass is 10.0. The predicted octanol–water partition coefficient (Wildman–Crippen LogP) is 4.13. The van der Waals surface area contributed by atoms with Gasteiger partial charge in [-0.2, -0.15) is 0 Å². The Balaban J connectivity index is 1.74. The number of hydrogen-bond donors (Lipinski definition) is 0. The van der Waals surface area contributed by atoms with E-state index in [0.29, 0.717) is 18.6 Å². The monoisotopic (exact) mass is 252 g/mol. The molecular formula is C18H20O. The summed E-state index contributed by atoms with van der Waals surface area (Å²) in [4.78, 5) is 11.9. The molecule has 1 heteroatoms. The first-order chi connectivity index (χ1) is 9.24. The second-order valence-electron chi connectivity index (χ2n) is 5.04. The Hall–Kier alpha value is -1.89. The molecule has 0 aliphatic rings. The van der Waals surface area contributed by atoms with Crippen molar-refractivity contribution in [1.29, 1.82) is 0 Å². The van der Waals surface area contributed by atoms with Gasteiger partial charge in [-0.1, -0.05) is 60.2 Å². The molecule has 0 amide bonds. The molecule has 0 fully saturated rings. The number of ketones is 1. The number of hydrogen-bond acceptors (Lipinski definition) is 1. The average molecular weight is 252 g/mol. The van der Waals surface area contributed by atoms with Crippen LogP contribution in [0.15, 0.2) is 54.6 Å². The zero-order valence-electron chi connectivity index (χ0n) is 11.4. The zero-order valence-corrected chi connectivity index (χ0v) is 11.4. The van der Waals surface area contributed by atoms with Gasteiger partial charge < -0.3 is 0 Å². The quantitative estimate of drug-likeness (QED) is 0.755. The van der Waals surface area contributed by atoms with E-state index in [1.54, 1.807) is 0 Å². The van der Waals surface area contributed by atoms with Gasteiger partial charge in [-0.25, -0.2) is 0 Å². The maximum atomic E-state index is 11.9. The molecule has 2 aromatic carbocycles. The first-order valence-corrected chi connectivity index (χ1v) is 6.85. The highest BCUT2D eigenvalue weighted by Gasteiger charge is 2.03. The summed E-state index contributed by atoms with van der Waals surface area (Å²) in [5.74, 6) is 0.333. The Morgan fingerprint density at radius 3 is 2.26 bits per heavy atom. The van der Waals surface area contributed by atoms with Crippen molar-refractivity contribution in [3.8, 4) is 0 Å². The van der Waals surface area contributed by atoms with Gasteiger partial charge in [0.1, 0.15) is 5.78 Å². The lowest BCUT2D eigenvalue weighted by molar-refractivity contribution is -0.118. The number of rotatable bonds is 6. The van der Waals surface area contributed by atoms with Gasteiger partial charge in [0.15, 0.2) is 0 Å². The fourth-order valence-corrected chi connectivity index (χ4v) is 2.16. The summed E-state index contributed by atoms with van der Waals surface area (Å²) in [6.45, 7) is 2.06. The molecule has 0 aliphatic carbocycles. The van der Waals surface area contributed by atoms with E-state index in [1.807, 2.05) is 30.3 Å². The van der Waals surface area contributed by atoms with Crippen LogP contribution in [0.5, 0.6) is 0 Å². The minimum absolute atomic E-state index is 0.333. The van der Waals surface area contributed by atoms with Crippen LogP contribution in [0, 0.1) is 6.92 Å². The Bertz CT molecular complexity index is 511. The number of aryl methyl sites for hydroxylation is 2. The van der Waals surface area contributed by atoms with Gasteiger partial charge in [-0.15, -0.1) is 0 Å². The summed E-state index contributed by atoms with van der Waals surface area (Å²) >= 11 is 0. The van der Waals surface area contributed by atoms with Crippen molar-refractivity contribution in [2.75, 3.05) is 0 Å². The van der Waals surface area contributed by atoms with E-state index in [9.17, 15) is 4.79 Å². The molecule has 0 saturated heterocycles. The highest BCUT2D eigenvalue weighted by atomic mass is 16.1. The summed E-state index contributed by atoms with van der Waals surface area (Å²) in [6, 6.07) is 18.6. The Morgan fingerprint density at radius 2 is 1.58 bits per heavy atom. The molecule has 0 heterocycles. The Labute approximate surface area is 115 Å². The molecule has 98 valence electrons. The number of carbonyl (C=O) groups excluding carboxylic acids is 1. The maximum Gasteiger partial charge on any atom is 0.137 e. The minimum Gasteiger partial charge on any atom is -0.299 e. The highest BCUT2D eigenvalue weighted by Crippen LogP contribution is 2.08. The van der Waals surface area contributed by atoms with Crippen LogP contribution in [0.1, 0.15) is 29.5 Å². The predicted molar refractivity (Wildman–Crippen MR) is 79.3 cm³/mol. The Morgan fingerprint density at radius 1 is 0.895 bits per heavy atom. The van der Waals surface area contributed by atoms with Gasteiger partial charge in [-0.05, 0) is 30.9 Å². The van der Waals surface area contributed by atoms with E-state index in [1.165, 1.54) is 11.1 Å². The third-order valence-corrected chi connectivity index (χ3v) is 3.29. The molecule has 0 radical (unpaired) electrons. The molecular weight excluding hydrogens is 232 g/mol. The summed E-state index contributed by atoms with van der Waals surface area (Å²) in [6.07, 6.45) is 3.16. The largest absolute Gasteiger partial charge is 0.299 e. The minimum atomic E-state index is 0.333. The summed E-state index contributed by atoms with van der Waals surface area (Å²) in [7, 11) is 0. The van der Waals surface area contributed by atoms with Gasteiger partial charge in [0.25, 0.3) is 0 Å². The maximum absolute atomic E-state index is 11.9. The third kappa shape index (κ3) is 4.70. The van der Waals surface area contributed by atoms with E-state index in [4.69, 9.17) is 0 Å². The highest BCUT2D eigenvalue weighted by molar-refractivity contribution is 5.80. The van der Waals surface area contributed by atoms with E-state index >= 15 is 0 Å². The Kier molecular flexibility index (Phi) is 4.91. The number of carbonyl (C=O) groups is 1. The molecule has 0 spiro atoms. The molecule has 2 rings (SSSR count). The molecule has 0 saturated carbocycles. The van der Waals surface area contributed by atoms with E-state index in [0.717, 1.165) is 18.4 Å². The fourth-order valence-electron chi connectivity index (χ4n) is 2.16. The number of Topliss-reactive ketones (excluding diaryl/α,β-unsaturated/α-hetero) is 1. The summed E-state index contributed by atoms with van der Waals surface area (Å²) < 4.78 is 0. The van der Waals surface area contributed by atoms with Gasteiger partial charge in [0.05, 0.1) is 0 Å². The van der Waals surface area contributed by atoms with Crippen molar-refractivity contribution in [3.05, 3.63) is 71.3 Å². The fraction of sp³-hybridized carbons (Fsp3) is 0.278. The third-order valence-electron chi connectivity index (χ3n) is 3.29. The van der Waals surface area contributed by atoms with Crippen LogP contribution in [0.25, 0.3) is 0 Å². The zero-order chi connectivity index (χ0) is 13.5. The molecule has 0 unspecified atom stereocenters. The normalized spacial score (nSPS) is 10.4.